The number of H-pyrrole nitrogens is 1. The molecule has 0 fully saturated rings. The molecule has 0 aliphatic rings. The Bertz CT molecular complexity index is 483. The normalized spacial score (nSPS) is 10.1. The van der Waals surface area contributed by atoms with Gasteiger partial charge in [0.05, 0.1) is 20.3 Å². The van der Waals surface area contributed by atoms with E-state index in [-0.39, 0.29) is 0 Å². The zero-order valence-electron chi connectivity index (χ0n) is 10.6. The number of aromatic amines is 1. The molecule has 1 aromatic heterocycles. The standard InChI is InChI=1S/C13H17N3O2/c1-3-18-11-5-4-10(8-12(11)17-2)16-9-13-14-6-7-15-13/h4-8,16H,3,9H2,1-2H3,(H,14,15). The molecule has 5 nitrogen and oxygen atoms in total. The fourth-order valence-corrected chi connectivity index (χ4v) is 1.63. The average Bonchev–Trinajstić information content (AvgIpc) is 2.91. The lowest BCUT2D eigenvalue weighted by Crippen LogP contribution is -2.02. The van der Waals surface area contributed by atoms with Crippen molar-refractivity contribution in [2.24, 2.45) is 0 Å². The van der Waals surface area contributed by atoms with Gasteiger partial charge in [-0.25, -0.2) is 4.98 Å². The van der Waals surface area contributed by atoms with Gasteiger partial charge in [-0.15, -0.1) is 0 Å². The van der Waals surface area contributed by atoms with Crippen molar-refractivity contribution in [3.8, 4) is 11.5 Å². The molecule has 5 heteroatoms. The van der Waals surface area contributed by atoms with Crippen molar-refractivity contribution in [2.45, 2.75) is 13.5 Å². The third kappa shape index (κ3) is 2.94. The summed E-state index contributed by atoms with van der Waals surface area (Å²) < 4.78 is 10.7. The predicted octanol–water partition coefficient (Wildman–Crippen LogP) is 2.43. The Kier molecular flexibility index (Phi) is 4.06. The van der Waals surface area contributed by atoms with Gasteiger partial charge in [-0.1, -0.05) is 0 Å². The number of methoxy groups -OCH3 is 1. The molecule has 0 aliphatic carbocycles. The molecule has 2 rings (SSSR count). The Morgan fingerprint density at radius 2 is 2.22 bits per heavy atom. The number of imidazole rings is 1. The summed E-state index contributed by atoms with van der Waals surface area (Å²) in [6, 6.07) is 5.76. The minimum atomic E-state index is 0.621. The van der Waals surface area contributed by atoms with Crippen molar-refractivity contribution in [3.63, 3.8) is 0 Å². The van der Waals surface area contributed by atoms with Crippen LogP contribution in [0.15, 0.2) is 30.6 Å². The van der Waals surface area contributed by atoms with Crippen LogP contribution in [-0.4, -0.2) is 23.7 Å². The van der Waals surface area contributed by atoms with Crippen LogP contribution in [0.2, 0.25) is 0 Å². The van der Waals surface area contributed by atoms with Crippen LogP contribution in [0.3, 0.4) is 0 Å². The topological polar surface area (TPSA) is 59.2 Å². The molecule has 0 aliphatic heterocycles. The van der Waals surface area contributed by atoms with Crippen molar-refractivity contribution in [3.05, 3.63) is 36.4 Å². The summed E-state index contributed by atoms with van der Waals surface area (Å²) in [4.78, 5) is 7.19. The van der Waals surface area contributed by atoms with Crippen molar-refractivity contribution in [2.75, 3.05) is 19.0 Å². The average molecular weight is 247 g/mol. The third-order valence-corrected chi connectivity index (χ3v) is 2.48. The number of aromatic nitrogens is 2. The van der Waals surface area contributed by atoms with Crippen LogP contribution in [0.5, 0.6) is 11.5 Å². The highest BCUT2D eigenvalue weighted by Gasteiger charge is 2.05. The molecular weight excluding hydrogens is 230 g/mol. The molecule has 0 radical (unpaired) electrons. The lowest BCUT2D eigenvalue weighted by molar-refractivity contribution is 0.311. The number of anilines is 1. The van der Waals surface area contributed by atoms with Crippen LogP contribution in [0.4, 0.5) is 5.69 Å². The third-order valence-electron chi connectivity index (χ3n) is 2.48. The monoisotopic (exact) mass is 247 g/mol. The number of nitrogens with one attached hydrogen (secondary N) is 2. The Balaban J connectivity index is 2.05. The summed E-state index contributed by atoms with van der Waals surface area (Å²) in [5.74, 6) is 2.37. The first-order valence-corrected chi connectivity index (χ1v) is 5.86. The molecule has 2 aromatic rings. The second-order valence-corrected chi connectivity index (χ2v) is 3.69. The van der Waals surface area contributed by atoms with Gasteiger partial charge in [-0.2, -0.15) is 0 Å². The highest BCUT2D eigenvalue weighted by molar-refractivity contribution is 5.54. The molecule has 0 unspecified atom stereocenters. The lowest BCUT2D eigenvalue weighted by Gasteiger charge is -2.11. The summed E-state index contributed by atoms with van der Waals surface area (Å²) in [6.45, 7) is 3.21. The van der Waals surface area contributed by atoms with Gasteiger partial charge in [-0.05, 0) is 19.1 Å². The van der Waals surface area contributed by atoms with Crippen molar-refractivity contribution < 1.29 is 9.47 Å². The maximum Gasteiger partial charge on any atom is 0.162 e. The number of nitrogens with zero attached hydrogens (tertiary/aromatic N) is 1. The van der Waals surface area contributed by atoms with E-state index in [1.165, 1.54) is 0 Å². The Hall–Kier alpha value is -2.17. The van der Waals surface area contributed by atoms with Crippen molar-refractivity contribution in [1.29, 1.82) is 0 Å². The zero-order valence-corrected chi connectivity index (χ0v) is 10.6. The fourth-order valence-electron chi connectivity index (χ4n) is 1.63. The molecule has 0 saturated carbocycles. The maximum absolute atomic E-state index is 5.46. The van der Waals surface area contributed by atoms with Gasteiger partial charge in [0.1, 0.15) is 5.82 Å². The van der Waals surface area contributed by atoms with Gasteiger partial charge in [0.2, 0.25) is 0 Å². The Labute approximate surface area is 106 Å². The van der Waals surface area contributed by atoms with E-state index >= 15 is 0 Å². The predicted molar refractivity (Wildman–Crippen MR) is 70.1 cm³/mol. The summed E-state index contributed by atoms with van der Waals surface area (Å²) >= 11 is 0. The minimum Gasteiger partial charge on any atom is -0.493 e. The van der Waals surface area contributed by atoms with Gasteiger partial charge >= 0.3 is 0 Å². The number of ether oxygens (including phenoxy) is 2. The van der Waals surface area contributed by atoms with E-state index < -0.39 is 0 Å². The van der Waals surface area contributed by atoms with Gasteiger partial charge < -0.3 is 19.8 Å². The van der Waals surface area contributed by atoms with Gasteiger partial charge in [-0.3, -0.25) is 0 Å². The fraction of sp³-hybridized carbons (Fsp3) is 0.308. The molecule has 18 heavy (non-hydrogen) atoms. The second kappa shape index (κ2) is 5.95. The van der Waals surface area contributed by atoms with Crippen molar-refractivity contribution in [1.82, 2.24) is 9.97 Å². The lowest BCUT2D eigenvalue weighted by atomic mass is 10.2. The summed E-state index contributed by atoms with van der Waals surface area (Å²) in [6.07, 6.45) is 3.53. The van der Waals surface area contributed by atoms with Gasteiger partial charge in [0, 0.05) is 24.1 Å². The van der Waals surface area contributed by atoms with Crippen LogP contribution in [-0.2, 0) is 6.54 Å². The highest BCUT2D eigenvalue weighted by atomic mass is 16.5. The molecule has 1 heterocycles. The van der Waals surface area contributed by atoms with Crippen LogP contribution in [0.25, 0.3) is 0 Å². The Morgan fingerprint density at radius 1 is 1.33 bits per heavy atom. The van der Waals surface area contributed by atoms with E-state index in [0.717, 1.165) is 23.0 Å². The van der Waals surface area contributed by atoms with E-state index in [9.17, 15) is 0 Å². The zero-order chi connectivity index (χ0) is 12.8. The quantitative estimate of drug-likeness (QED) is 0.823. The Morgan fingerprint density at radius 3 is 2.89 bits per heavy atom. The molecule has 0 atom stereocenters. The van der Waals surface area contributed by atoms with E-state index in [0.29, 0.717) is 13.2 Å². The molecule has 0 saturated heterocycles. The molecule has 0 bridgehead atoms. The second-order valence-electron chi connectivity index (χ2n) is 3.69. The molecular formula is C13H17N3O2. The van der Waals surface area contributed by atoms with Crippen LogP contribution < -0.4 is 14.8 Å². The molecule has 1 aromatic carbocycles. The van der Waals surface area contributed by atoms with E-state index in [4.69, 9.17) is 9.47 Å². The highest BCUT2D eigenvalue weighted by Crippen LogP contribution is 2.30. The van der Waals surface area contributed by atoms with Crippen LogP contribution >= 0.6 is 0 Å². The molecule has 2 N–H and O–H groups in total. The first kappa shape index (κ1) is 12.3. The first-order valence-electron chi connectivity index (χ1n) is 5.86. The summed E-state index contributed by atoms with van der Waals surface area (Å²) in [5, 5.41) is 3.26. The maximum atomic E-state index is 5.46. The number of hydrogen-bond acceptors (Lipinski definition) is 4. The number of benzene rings is 1. The number of rotatable bonds is 6. The van der Waals surface area contributed by atoms with E-state index in [2.05, 4.69) is 15.3 Å². The molecule has 96 valence electrons. The smallest absolute Gasteiger partial charge is 0.162 e. The van der Waals surface area contributed by atoms with Gasteiger partial charge in [0.15, 0.2) is 11.5 Å². The largest absolute Gasteiger partial charge is 0.493 e. The summed E-state index contributed by atoms with van der Waals surface area (Å²) in [7, 11) is 1.63. The summed E-state index contributed by atoms with van der Waals surface area (Å²) in [5.41, 5.74) is 0.965. The molecule has 0 amide bonds. The van der Waals surface area contributed by atoms with Crippen LogP contribution in [0, 0.1) is 0 Å². The molecule has 0 spiro atoms. The number of hydrogen-bond donors (Lipinski definition) is 2. The van der Waals surface area contributed by atoms with E-state index in [1.54, 1.807) is 19.5 Å². The minimum absolute atomic E-state index is 0.621. The first-order chi connectivity index (χ1) is 8.83. The SMILES string of the molecule is CCOc1ccc(NCc2ncc[nH]2)cc1OC. The van der Waals surface area contributed by atoms with Gasteiger partial charge in [0.25, 0.3) is 0 Å². The van der Waals surface area contributed by atoms with Crippen molar-refractivity contribution >= 4 is 5.69 Å². The van der Waals surface area contributed by atoms with Crippen LogP contribution in [0.1, 0.15) is 12.7 Å². The van der Waals surface area contributed by atoms with E-state index in [1.807, 2.05) is 25.1 Å².